The fourth-order valence-corrected chi connectivity index (χ4v) is 5.90. The number of ether oxygens (including phenoxy) is 1. The van der Waals surface area contributed by atoms with Crippen LogP contribution < -0.4 is 9.36 Å². The monoisotopic (exact) mass is 389 g/mol. The average molecular weight is 388 g/mol. The zero-order valence-electron chi connectivity index (χ0n) is 14.4. The Labute approximate surface area is 150 Å². The number of benzene rings is 2. The molecule has 2 aromatic rings. The van der Waals surface area contributed by atoms with Crippen molar-refractivity contribution < 1.29 is 9.53 Å². The van der Waals surface area contributed by atoms with E-state index in [-0.39, 0.29) is 26.6 Å². The summed E-state index contributed by atoms with van der Waals surface area (Å²) in [6, 6.07) is 18.8. The van der Waals surface area contributed by atoms with Crippen molar-refractivity contribution in [2.24, 2.45) is 0 Å². The van der Waals surface area contributed by atoms with Gasteiger partial charge in [-0.15, -0.1) is 0 Å². The minimum absolute atomic E-state index is 0.247. The predicted molar refractivity (Wildman–Crippen MR) is 99.3 cm³/mol. The first-order chi connectivity index (χ1) is 11.5. The molecule has 0 aromatic heterocycles. The second-order valence-electron chi connectivity index (χ2n) is 6.44. The van der Waals surface area contributed by atoms with E-state index in [9.17, 15) is 4.79 Å². The Morgan fingerprint density at radius 2 is 1.83 bits per heavy atom. The molecule has 0 aliphatic carbocycles. The third-order valence-corrected chi connectivity index (χ3v) is 7.77. The molecule has 0 saturated heterocycles. The number of carbonyl (C=O) groups excluding carboxylic acids is 1. The summed E-state index contributed by atoms with van der Waals surface area (Å²) in [5.41, 5.74) is 1.94. The normalized spacial score (nSPS) is 18.8. The molecule has 24 heavy (non-hydrogen) atoms. The molecule has 4 heteroatoms. The molecule has 1 atom stereocenters. The summed E-state index contributed by atoms with van der Waals surface area (Å²) >= 11 is 0.281. The van der Waals surface area contributed by atoms with E-state index < -0.39 is 0 Å². The van der Waals surface area contributed by atoms with Gasteiger partial charge in [-0.05, 0) is 0 Å². The van der Waals surface area contributed by atoms with Crippen LogP contribution in [0.1, 0.15) is 26.3 Å². The second kappa shape index (κ2) is 7.00. The van der Waals surface area contributed by atoms with Gasteiger partial charge in [-0.1, -0.05) is 0 Å². The molecule has 3 rings (SSSR count). The topological polar surface area (TPSA) is 29.5 Å². The van der Waals surface area contributed by atoms with Gasteiger partial charge in [0, 0.05) is 0 Å². The Balaban J connectivity index is 1.99. The summed E-state index contributed by atoms with van der Waals surface area (Å²) in [6.07, 6.45) is 0.747. The number of hydrogen-bond donors (Lipinski definition) is 0. The number of nitrogens with zero attached hydrogens (tertiary/aromatic N) is 1. The summed E-state index contributed by atoms with van der Waals surface area (Å²) in [5.74, 6) is 0. The number of anilines is 1. The van der Waals surface area contributed by atoms with E-state index in [0.717, 1.165) is 12.1 Å². The van der Waals surface area contributed by atoms with Crippen molar-refractivity contribution in [2.75, 3.05) is 11.5 Å². The fraction of sp³-hybridized carbons (Fsp3) is 0.350. The van der Waals surface area contributed by atoms with E-state index in [1.807, 2.05) is 36.1 Å². The van der Waals surface area contributed by atoms with Gasteiger partial charge in [0.05, 0.1) is 0 Å². The first kappa shape index (κ1) is 17.1. The van der Waals surface area contributed by atoms with Gasteiger partial charge in [-0.25, -0.2) is 0 Å². The molecule has 0 radical (unpaired) electrons. The minimum atomic E-state index is -0.281. The predicted octanol–water partition coefficient (Wildman–Crippen LogP) is 3.80. The Kier molecular flexibility index (Phi) is 4.98. The van der Waals surface area contributed by atoms with Crippen LogP contribution in [-0.2, 0) is 11.2 Å². The van der Waals surface area contributed by atoms with Gasteiger partial charge in [0.1, 0.15) is 0 Å². The van der Waals surface area contributed by atoms with Crippen LogP contribution in [0.5, 0.6) is 0 Å². The van der Waals surface area contributed by atoms with Crippen molar-refractivity contribution in [2.45, 2.75) is 37.5 Å². The zero-order valence-corrected chi connectivity index (χ0v) is 16.1. The number of hydrogen-bond acceptors (Lipinski definition) is 2. The van der Waals surface area contributed by atoms with Crippen LogP contribution in [0.4, 0.5) is 10.5 Å². The summed E-state index contributed by atoms with van der Waals surface area (Å²) in [6.45, 7) is 6.57. The quantitative estimate of drug-likeness (QED) is 0.749. The van der Waals surface area contributed by atoms with Crippen molar-refractivity contribution in [3.8, 4) is 0 Å². The van der Waals surface area contributed by atoms with Crippen LogP contribution in [0.25, 0.3) is 0 Å². The number of rotatable bonds is 3. The van der Waals surface area contributed by atoms with E-state index in [1.165, 1.54) is 10.0 Å². The fourth-order valence-electron chi connectivity index (χ4n) is 3.18. The number of carbonyl (C=O) groups is 1. The average Bonchev–Trinajstić information content (AvgIpc) is 2.56. The molecule has 1 aliphatic heterocycles. The third kappa shape index (κ3) is 3.22. The Morgan fingerprint density at radius 1 is 1.17 bits per heavy atom. The van der Waals surface area contributed by atoms with Gasteiger partial charge in [-0.2, -0.15) is 0 Å². The molecular formula is C20H23NO2Se. The number of para-hydroxylation sites is 1. The van der Waals surface area contributed by atoms with Gasteiger partial charge in [0.2, 0.25) is 0 Å². The van der Waals surface area contributed by atoms with E-state index >= 15 is 0 Å². The zero-order chi connectivity index (χ0) is 17.2. The van der Waals surface area contributed by atoms with Crippen LogP contribution in [-0.4, -0.2) is 33.2 Å². The Bertz CT molecular complexity index is 715. The summed E-state index contributed by atoms with van der Waals surface area (Å²) in [7, 11) is 0. The van der Waals surface area contributed by atoms with Crippen LogP contribution in [0, 0.1) is 0 Å². The van der Waals surface area contributed by atoms with Crippen molar-refractivity contribution >= 4 is 31.2 Å². The summed E-state index contributed by atoms with van der Waals surface area (Å²) in [5, 5.41) is 0. The van der Waals surface area contributed by atoms with Gasteiger partial charge in [0.25, 0.3) is 0 Å². The Hall–Kier alpha value is -1.77. The van der Waals surface area contributed by atoms with Gasteiger partial charge < -0.3 is 0 Å². The van der Waals surface area contributed by atoms with E-state index in [4.69, 9.17) is 4.74 Å². The van der Waals surface area contributed by atoms with E-state index in [0.29, 0.717) is 11.4 Å². The molecule has 0 bridgehead atoms. The third-order valence-electron chi connectivity index (χ3n) is 4.47. The van der Waals surface area contributed by atoms with Gasteiger partial charge >= 0.3 is 150 Å². The molecule has 1 amide bonds. The number of amides is 1. The van der Waals surface area contributed by atoms with Crippen LogP contribution in [0.2, 0.25) is 4.82 Å². The molecule has 1 aliphatic rings. The molecule has 3 nitrogen and oxygen atoms in total. The van der Waals surface area contributed by atoms with Crippen LogP contribution in [0.15, 0.2) is 54.6 Å². The molecule has 1 unspecified atom stereocenters. The van der Waals surface area contributed by atoms with Crippen LogP contribution in [0.3, 0.4) is 0 Å². The standard InChI is InChI=1S/C20H23NO2Se/c1-4-23-19(22)21-17-13-9-8-10-15(17)14-18(20(21,2)3)24-16-11-6-5-7-12-16/h5-13,18H,4,14H2,1-3H3. The molecule has 0 N–H and O–H groups in total. The van der Waals surface area contributed by atoms with Crippen LogP contribution >= 0.6 is 0 Å². The Morgan fingerprint density at radius 3 is 2.54 bits per heavy atom. The summed E-state index contributed by atoms with van der Waals surface area (Å²) in [4.78, 5) is 14.9. The van der Waals surface area contributed by atoms with Crippen molar-refractivity contribution in [1.29, 1.82) is 0 Å². The molecule has 0 spiro atoms. The number of fused-ring (bicyclic) bond motifs is 1. The van der Waals surface area contributed by atoms with Crippen molar-refractivity contribution in [3.05, 3.63) is 60.2 Å². The molecule has 1 heterocycles. The van der Waals surface area contributed by atoms with E-state index in [1.54, 1.807) is 0 Å². The van der Waals surface area contributed by atoms with Crippen molar-refractivity contribution in [1.82, 2.24) is 0 Å². The molecule has 126 valence electrons. The molecule has 0 fully saturated rings. The van der Waals surface area contributed by atoms with Gasteiger partial charge in [0.15, 0.2) is 0 Å². The van der Waals surface area contributed by atoms with E-state index in [2.05, 4.69) is 44.2 Å². The molecular weight excluding hydrogens is 365 g/mol. The maximum atomic E-state index is 12.7. The molecule has 2 aromatic carbocycles. The summed E-state index contributed by atoms with van der Waals surface area (Å²) < 4.78 is 6.73. The first-order valence-electron chi connectivity index (χ1n) is 8.30. The SMILES string of the molecule is CCOC(=O)N1c2ccccc2CC([Se]c2ccccc2)C1(C)C. The van der Waals surface area contributed by atoms with Gasteiger partial charge in [-0.3, -0.25) is 0 Å². The maximum absolute atomic E-state index is 12.7. The second-order valence-corrected chi connectivity index (χ2v) is 9.12. The van der Waals surface area contributed by atoms with Crippen molar-refractivity contribution in [3.63, 3.8) is 0 Å². The molecule has 0 saturated carbocycles. The first-order valence-corrected chi connectivity index (χ1v) is 10.1.